The summed E-state index contributed by atoms with van der Waals surface area (Å²) < 4.78 is 22.5. The van der Waals surface area contributed by atoms with E-state index < -0.39 is 11.1 Å². The topological polar surface area (TPSA) is 53.0 Å². The van der Waals surface area contributed by atoms with Gasteiger partial charge in [-0.2, -0.15) is 0 Å². The molecule has 0 amide bonds. The van der Waals surface area contributed by atoms with Crippen molar-refractivity contribution in [2.45, 2.75) is 18.7 Å². The molecular weight excluding hydrogens is 241 g/mol. The average Bonchev–Trinajstić information content (AvgIpc) is 2.45. The van der Waals surface area contributed by atoms with Crippen LogP contribution in [0, 0.1) is 13.8 Å². The summed E-state index contributed by atoms with van der Waals surface area (Å²) >= 11 is -0.644. The summed E-state index contributed by atoms with van der Waals surface area (Å²) in [6, 6.07) is 3.31. The molecule has 6 heteroatoms. The molecule has 0 radical (unpaired) electrons. The Morgan fingerprint density at radius 1 is 1.40 bits per heavy atom. The molecule has 2 aromatic rings. The number of hydrogen-bond acceptors (Lipinski definition) is 4. The van der Waals surface area contributed by atoms with E-state index in [0.29, 0.717) is 4.90 Å². The van der Waals surface area contributed by atoms with Crippen molar-refractivity contribution < 1.29 is 38.3 Å². The zero-order valence-corrected chi connectivity index (χ0v) is 12.4. The third-order valence-corrected chi connectivity index (χ3v) is 3.50. The monoisotopic (exact) mass is 249 g/mol. The maximum absolute atomic E-state index is 10.8. The zero-order chi connectivity index (χ0) is 10.3. The van der Waals surface area contributed by atoms with Gasteiger partial charge >= 0.3 is 29.6 Å². The van der Waals surface area contributed by atoms with Crippen LogP contribution in [0.5, 0.6) is 0 Å². The average molecular weight is 249 g/mol. The quantitative estimate of drug-likeness (QED) is 0.489. The van der Waals surface area contributed by atoms with Gasteiger partial charge in [0.15, 0.2) is 0 Å². The van der Waals surface area contributed by atoms with Crippen molar-refractivity contribution in [3.63, 3.8) is 0 Å². The maximum atomic E-state index is 10.8. The smallest absolute Gasteiger partial charge is 0.768 e. The summed E-state index contributed by atoms with van der Waals surface area (Å²) in [4.78, 5) is 4.66. The molecule has 0 aliphatic rings. The van der Waals surface area contributed by atoms with Gasteiger partial charge in [-0.05, 0) is 42.6 Å². The normalized spacial score (nSPS) is 12.5. The van der Waals surface area contributed by atoms with Crippen molar-refractivity contribution in [3.05, 3.63) is 22.7 Å². The van der Waals surface area contributed by atoms with Crippen LogP contribution < -0.4 is 29.6 Å². The molecular formula is C9H8NNaO2S2. The fourth-order valence-corrected chi connectivity index (χ4v) is 2.88. The van der Waals surface area contributed by atoms with Gasteiger partial charge < -0.3 is 4.55 Å². The zero-order valence-electron chi connectivity index (χ0n) is 8.73. The number of hydrogen-bond donors (Lipinski definition) is 0. The SMILES string of the molecule is Cc1nc2c(C)cc(S(=O)[O-])cc2s1.[Na+]. The molecule has 0 N–H and O–H groups in total. The van der Waals surface area contributed by atoms with E-state index >= 15 is 0 Å². The van der Waals surface area contributed by atoms with E-state index in [4.69, 9.17) is 0 Å². The number of benzene rings is 1. The molecule has 0 fully saturated rings. The van der Waals surface area contributed by atoms with E-state index in [1.807, 2.05) is 13.8 Å². The van der Waals surface area contributed by atoms with Gasteiger partial charge in [0.1, 0.15) is 0 Å². The van der Waals surface area contributed by atoms with Crippen LogP contribution in [0.3, 0.4) is 0 Å². The number of aromatic nitrogens is 1. The molecule has 1 heterocycles. The molecule has 74 valence electrons. The van der Waals surface area contributed by atoms with Crippen LogP contribution in [0.25, 0.3) is 10.2 Å². The van der Waals surface area contributed by atoms with Crippen molar-refractivity contribution in [2.24, 2.45) is 0 Å². The second kappa shape index (κ2) is 5.03. The number of fused-ring (bicyclic) bond motifs is 1. The molecule has 2 rings (SSSR count). The molecule has 0 saturated heterocycles. The van der Waals surface area contributed by atoms with Gasteiger partial charge in [0.25, 0.3) is 0 Å². The van der Waals surface area contributed by atoms with Crippen molar-refractivity contribution in [2.75, 3.05) is 0 Å². The van der Waals surface area contributed by atoms with Crippen LogP contribution in [-0.2, 0) is 11.1 Å². The van der Waals surface area contributed by atoms with Gasteiger partial charge in [-0.15, -0.1) is 11.3 Å². The van der Waals surface area contributed by atoms with Crippen LogP contribution in [0.4, 0.5) is 0 Å². The van der Waals surface area contributed by atoms with E-state index in [2.05, 4.69) is 4.98 Å². The van der Waals surface area contributed by atoms with E-state index in [9.17, 15) is 8.76 Å². The molecule has 1 aromatic carbocycles. The molecule has 1 atom stereocenters. The van der Waals surface area contributed by atoms with Gasteiger partial charge in [0.2, 0.25) is 0 Å². The molecule has 0 aliphatic carbocycles. The Hall–Kier alpha value is 0.220. The van der Waals surface area contributed by atoms with E-state index in [-0.39, 0.29) is 29.6 Å². The summed E-state index contributed by atoms with van der Waals surface area (Å²) in [7, 11) is 0. The summed E-state index contributed by atoms with van der Waals surface area (Å²) in [5.41, 5.74) is 1.81. The molecule has 15 heavy (non-hydrogen) atoms. The third kappa shape index (κ3) is 2.67. The maximum Gasteiger partial charge on any atom is 1.00 e. The Balaban J connectivity index is 0.00000112. The predicted molar refractivity (Wildman–Crippen MR) is 56.3 cm³/mol. The van der Waals surface area contributed by atoms with Crippen LogP contribution in [0.15, 0.2) is 17.0 Å². The van der Waals surface area contributed by atoms with Gasteiger partial charge in [0.05, 0.1) is 15.2 Å². The number of aryl methyl sites for hydroxylation is 2. The van der Waals surface area contributed by atoms with Gasteiger partial charge in [-0.3, -0.25) is 4.21 Å². The standard InChI is InChI=1S/C9H9NO2S2.Na/c1-5-3-7(14(11)12)4-8-9(5)10-6(2)13-8;/h3-4H,1-2H3,(H,11,12);/q;+1/p-1. The predicted octanol–water partition coefficient (Wildman–Crippen LogP) is -0.845. The minimum absolute atomic E-state index is 0. The van der Waals surface area contributed by atoms with Gasteiger partial charge in [-0.1, -0.05) is 0 Å². The first-order valence-corrected chi connectivity index (χ1v) is 5.94. The summed E-state index contributed by atoms with van der Waals surface area (Å²) in [6.07, 6.45) is 0. The number of rotatable bonds is 1. The minimum Gasteiger partial charge on any atom is -0.768 e. The van der Waals surface area contributed by atoms with Gasteiger partial charge in [0, 0.05) is 4.90 Å². The second-order valence-corrected chi connectivity index (χ2v) is 5.23. The van der Waals surface area contributed by atoms with E-state index in [0.717, 1.165) is 20.8 Å². The van der Waals surface area contributed by atoms with Crippen LogP contribution in [0.2, 0.25) is 0 Å². The molecule has 0 aliphatic heterocycles. The number of nitrogens with zero attached hydrogens (tertiary/aromatic N) is 1. The third-order valence-electron chi connectivity index (χ3n) is 1.96. The van der Waals surface area contributed by atoms with Gasteiger partial charge in [-0.25, -0.2) is 4.98 Å². The van der Waals surface area contributed by atoms with Crippen molar-refractivity contribution in [3.8, 4) is 0 Å². The Kier molecular flexibility index (Phi) is 4.46. The molecule has 3 nitrogen and oxygen atoms in total. The van der Waals surface area contributed by atoms with Crippen LogP contribution >= 0.6 is 11.3 Å². The Morgan fingerprint density at radius 2 is 2.07 bits per heavy atom. The van der Waals surface area contributed by atoms with Crippen LogP contribution in [-0.4, -0.2) is 13.7 Å². The summed E-state index contributed by atoms with van der Waals surface area (Å²) in [5.74, 6) is 0. The molecule has 1 aromatic heterocycles. The second-order valence-electron chi connectivity index (χ2n) is 3.05. The fraction of sp³-hybridized carbons (Fsp3) is 0.222. The van der Waals surface area contributed by atoms with Crippen molar-refractivity contribution in [1.82, 2.24) is 4.98 Å². The first kappa shape index (κ1) is 13.3. The van der Waals surface area contributed by atoms with Crippen LogP contribution in [0.1, 0.15) is 10.6 Å². The Labute approximate surface area is 116 Å². The molecule has 0 spiro atoms. The van der Waals surface area contributed by atoms with Crippen molar-refractivity contribution >= 4 is 32.6 Å². The van der Waals surface area contributed by atoms with Crippen molar-refractivity contribution in [1.29, 1.82) is 0 Å². The van der Waals surface area contributed by atoms with E-state index in [1.54, 1.807) is 12.1 Å². The van der Waals surface area contributed by atoms with E-state index in [1.165, 1.54) is 11.3 Å². The largest absolute Gasteiger partial charge is 1.00 e. The molecule has 0 bridgehead atoms. The molecule has 1 unspecified atom stereocenters. The summed E-state index contributed by atoms with van der Waals surface area (Å²) in [6.45, 7) is 3.79. The first-order chi connectivity index (χ1) is 6.58. The Bertz CT molecular complexity index is 524. The fourth-order valence-electron chi connectivity index (χ4n) is 1.37. The number of thiazole rings is 1. The minimum atomic E-state index is -2.16. The first-order valence-electron chi connectivity index (χ1n) is 4.05. The summed E-state index contributed by atoms with van der Waals surface area (Å²) in [5, 5.41) is 0.955. The molecule has 0 saturated carbocycles. The Morgan fingerprint density at radius 3 is 2.67 bits per heavy atom.